The fourth-order valence-electron chi connectivity index (χ4n) is 2.72. The van der Waals surface area contributed by atoms with Crippen LogP contribution in [0.4, 0.5) is 11.4 Å². The monoisotopic (exact) mass is 412 g/mol. The van der Waals surface area contributed by atoms with Gasteiger partial charge in [0, 0.05) is 22.0 Å². The van der Waals surface area contributed by atoms with Crippen LogP contribution in [-0.2, 0) is 6.54 Å². The van der Waals surface area contributed by atoms with E-state index < -0.39 is 0 Å². The van der Waals surface area contributed by atoms with E-state index >= 15 is 0 Å². The van der Waals surface area contributed by atoms with Gasteiger partial charge in [0.1, 0.15) is 11.5 Å². The smallest absolute Gasteiger partial charge is 0.178 e. The molecule has 0 radical (unpaired) electrons. The maximum Gasteiger partial charge on any atom is 0.178 e. The zero-order valence-corrected chi connectivity index (χ0v) is 17.2. The van der Waals surface area contributed by atoms with Gasteiger partial charge in [-0.25, -0.2) is 0 Å². The van der Waals surface area contributed by atoms with Crippen LogP contribution in [0, 0.1) is 6.92 Å². The molecule has 0 aliphatic heterocycles. The predicted octanol–water partition coefficient (Wildman–Crippen LogP) is 5.77. The molecular formula is C22H21ClN2O2S. The molecule has 3 aromatic carbocycles. The average molecular weight is 413 g/mol. The van der Waals surface area contributed by atoms with Gasteiger partial charge in [-0.1, -0.05) is 35.9 Å². The molecule has 0 heterocycles. The maximum absolute atomic E-state index is 10.2. The van der Waals surface area contributed by atoms with Crippen molar-refractivity contribution < 1.29 is 9.84 Å². The molecule has 0 aromatic heterocycles. The number of phenolic OH excluding ortho intramolecular Hbond substituents is 1. The van der Waals surface area contributed by atoms with E-state index in [-0.39, 0.29) is 5.75 Å². The van der Waals surface area contributed by atoms with E-state index in [0.717, 1.165) is 28.3 Å². The number of anilines is 2. The standard InChI is InChI=1S/C22H21ClN2O2S/c1-15-7-8-17(13-20(15)23)24-22(28)25(14-16-5-3-4-6-21(16)26)18-9-11-19(27-2)12-10-18/h3-13,26H,14H2,1-2H3,(H,24,28). The number of nitrogens with zero attached hydrogens (tertiary/aromatic N) is 1. The molecule has 3 rings (SSSR count). The normalized spacial score (nSPS) is 10.4. The number of aryl methyl sites for hydroxylation is 1. The highest BCUT2D eigenvalue weighted by atomic mass is 35.5. The van der Waals surface area contributed by atoms with Gasteiger partial charge in [0.25, 0.3) is 0 Å². The number of para-hydroxylation sites is 1. The van der Waals surface area contributed by atoms with Crippen LogP contribution < -0.4 is 15.0 Å². The quantitative estimate of drug-likeness (QED) is 0.521. The number of benzene rings is 3. The maximum atomic E-state index is 10.2. The largest absolute Gasteiger partial charge is 0.508 e. The summed E-state index contributed by atoms with van der Waals surface area (Å²) in [6.45, 7) is 2.36. The lowest BCUT2D eigenvalue weighted by molar-refractivity contribution is 0.415. The third-order valence-corrected chi connectivity index (χ3v) is 5.10. The van der Waals surface area contributed by atoms with Crippen molar-refractivity contribution in [3.63, 3.8) is 0 Å². The summed E-state index contributed by atoms with van der Waals surface area (Å²) in [4.78, 5) is 1.91. The van der Waals surface area contributed by atoms with Crippen LogP contribution >= 0.6 is 23.8 Å². The number of phenols is 1. The summed E-state index contributed by atoms with van der Waals surface area (Å²) >= 11 is 11.9. The molecule has 0 fully saturated rings. The van der Waals surface area contributed by atoms with Gasteiger partial charge in [-0.2, -0.15) is 0 Å². The molecule has 0 aliphatic rings. The Balaban J connectivity index is 1.90. The first-order chi connectivity index (χ1) is 13.5. The van der Waals surface area contributed by atoms with Crippen LogP contribution in [0.5, 0.6) is 11.5 Å². The summed E-state index contributed by atoms with van der Waals surface area (Å²) < 4.78 is 5.25. The molecular weight excluding hydrogens is 392 g/mol. The third kappa shape index (κ3) is 4.74. The number of hydrogen-bond donors (Lipinski definition) is 2. The van der Waals surface area contributed by atoms with Gasteiger partial charge in [-0.15, -0.1) is 0 Å². The summed E-state index contributed by atoms with van der Waals surface area (Å²) in [6.07, 6.45) is 0. The fraction of sp³-hybridized carbons (Fsp3) is 0.136. The number of aromatic hydroxyl groups is 1. The molecule has 0 amide bonds. The zero-order valence-electron chi connectivity index (χ0n) is 15.6. The third-order valence-electron chi connectivity index (χ3n) is 4.37. The molecule has 0 aliphatic carbocycles. The lowest BCUT2D eigenvalue weighted by atomic mass is 10.1. The lowest BCUT2D eigenvalue weighted by Gasteiger charge is -2.27. The second kappa shape index (κ2) is 8.95. The molecule has 0 saturated heterocycles. The van der Waals surface area contributed by atoms with Crippen molar-refractivity contribution in [1.29, 1.82) is 0 Å². The predicted molar refractivity (Wildman–Crippen MR) is 120 cm³/mol. The van der Waals surface area contributed by atoms with E-state index in [0.29, 0.717) is 16.7 Å². The molecule has 144 valence electrons. The van der Waals surface area contributed by atoms with Gasteiger partial charge in [0.05, 0.1) is 13.7 Å². The zero-order chi connectivity index (χ0) is 20.1. The number of methoxy groups -OCH3 is 1. The molecule has 0 unspecified atom stereocenters. The van der Waals surface area contributed by atoms with Crippen LogP contribution in [0.1, 0.15) is 11.1 Å². The Hall–Kier alpha value is -2.76. The molecule has 0 atom stereocenters. The molecule has 4 nitrogen and oxygen atoms in total. The Morgan fingerprint density at radius 3 is 2.46 bits per heavy atom. The second-order valence-corrected chi connectivity index (χ2v) is 7.10. The summed E-state index contributed by atoms with van der Waals surface area (Å²) in [7, 11) is 1.63. The molecule has 2 N–H and O–H groups in total. The van der Waals surface area contributed by atoms with E-state index in [2.05, 4.69) is 5.32 Å². The van der Waals surface area contributed by atoms with Crippen molar-refractivity contribution in [2.24, 2.45) is 0 Å². The Morgan fingerprint density at radius 1 is 1.11 bits per heavy atom. The van der Waals surface area contributed by atoms with Gasteiger partial charge in [0.2, 0.25) is 0 Å². The molecule has 3 aromatic rings. The minimum absolute atomic E-state index is 0.224. The first kappa shape index (κ1) is 20.0. The number of halogens is 1. The first-order valence-corrected chi connectivity index (χ1v) is 9.52. The van der Waals surface area contributed by atoms with E-state index in [1.807, 2.05) is 66.4 Å². The van der Waals surface area contributed by atoms with Crippen molar-refractivity contribution in [3.05, 3.63) is 82.9 Å². The topological polar surface area (TPSA) is 44.7 Å². The lowest BCUT2D eigenvalue weighted by Crippen LogP contribution is -2.34. The summed E-state index contributed by atoms with van der Waals surface area (Å²) in [5.74, 6) is 0.984. The van der Waals surface area contributed by atoms with Crippen molar-refractivity contribution in [2.75, 3.05) is 17.3 Å². The Bertz CT molecular complexity index is 977. The number of rotatable bonds is 5. The SMILES string of the molecule is COc1ccc(N(Cc2ccccc2O)C(=S)Nc2ccc(C)c(Cl)c2)cc1. The van der Waals surface area contributed by atoms with E-state index in [1.165, 1.54) is 0 Å². The molecule has 0 saturated carbocycles. The Labute approximate surface area is 175 Å². The van der Waals surface area contributed by atoms with Crippen LogP contribution in [0.2, 0.25) is 5.02 Å². The number of hydrogen-bond acceptors (Lipinski definition) is 3. The highest BCUT2D eigenvalue weighted by Crippen LogP contribution is 2.26. The van der Waals surface area contributed by atoms with Crippen LogP contribution in [0.25, 0.3) is 0 Å². The molecule has 28 heavy (non-hydrogen) atoms. The highest BCUT2D eigenvalue weighted by molar-refractivity contribution is 7.80. The molecule has 0 spiro atoms. The van der Waals surface area contributed by atoms with Gasteiger partial charge in [0.15, 0.2) is 5.11 Å². The van der Waals surface area contributed by atoms with Crippen molar-refractivity contribution in [3.8, 4) is 11.5 Å². The summed E-state index contributed by atoms with van der Waals surface area (Å²) in [6, 6.07) is 20.5. The van der Waals surface area contributed by atoms with E-state index in [1.54, 1.807) is 19.2 Å². The van der Waals surface area contributed by atoms with E-state index in [4.69, 9.17) is 28.6 Å². The van der Waals surface area contributed by atoms with Gasteiger partial charge in [-0.3, -0.25) is 0 Å². The van der Waals surface area contributed by atoms with Gasteiger partial charge >= 0.3 is 0 Å². The van der Waals surface area contributed by atoms with Crippen LogP contribution in [0.15, 0.2) is 66.7 Å². The Kier molecular flexibility index (Phi) is 6.39. The van der Waals surface area contributed by atoms with Crippen molar-refractivity contribution in [1.82, 2.24) is 0 Å². The van der Waals surface area contributed by atoms with Crippen LogP contribution in [0.3, 0.4) is 0 Å². The minimum atomic E-state index is 0.224. The number of ether oxygens (including phenoxy) is 1. The second-order valence-electron chi connectivity index (χ2n) is 6.31. The Morgan fingerprint density at radius 2 is 1.82 bits per heavy atom. The molecule has 6 heteroatoms. The van der Waals surface area contributed by atoms with Gasteiger partial charge in [-0.05, 0) is 67.2 Å². The summed E-state index contributed by atoms with van der Waals surface area (Å²) in [5, 5.41) is 14.6. The fourth-order valence-corrected chi connectivity index (χ4v) is 3.19. The number of nitrogens with one attached hydrogen (secondary N) is 1. The number of thiocarbonyl (C=S) groups is 1. The van der Waals surface area contributed by atoms with Crippen molar-refractivity contribution in [2.45, 2.75) is 13.5 Å². The molecule has 0 bridgehead atoms. The minimum Gasteiger partial charge on any atom is -0.508 e. The summed E-state index contributed by atoms with van der Waals surface area (Å²) in [5.41, 5.74) is 3.44. The van der Waals surface area contributed by atoms with Crippen molar-refractivity contribution >= 4 is 40.3 Å². The van der Waals surface area contributed by atoms with Crippen LogP contribution in [-0.4, -0.2) is 17.3 Å². The average Bonchev–Trinajstić information content (AvgIpc) is 2.70. The highest BCUT2D eigenvalue weighted by Gasteiger charge is 2.15. The first-order valence-electron chi connectivity index (χ1n) is 8.73. The van der Waals surface area contributed by atoms with Gasteiger partial charge < -0.3 is 20.1 Å². The van der Waals surface area contributed by atoms with E-state index in [9.17, 15) is 5.11 Å².